The van der Waals surface area contributed by atoms with E-state index in [-0.39, 0.29) is 53.8 Å². The molecular formula is C57H73BO26. The van der Waals surface area contributed by atoms with Gasteiger partial charge in [0.25, 0.3) is 0 Å². The Balaban J connectivity index is 1.71. The lowest BCUT2D eigenvalue weighted by atomic mass is 9.98. The normalized spacial score (nSPS) is 22.3. The Morgan fingerprint density at radius 1 is 0.476 bits per heavy atom. The van der Waals surface area contributed by atoms with Crippen molar-refractivity contribution in [3.8, 4) is 23.0 Å². The van der Waals surface area contributed by atoms with Gasteiger partial charge in [0.05, 0.1) is 14.2 Å². The molecule has 2 heterocycles. The smallest absolute Gasteiger partial charge is 0.512 e. The SMILES string of the molecule is COc1cc(/C=C/C(=O)/C=C(/C=C/c2ccc(O[C@@H]3O[C@H](COC(C)=O)[C@H](OC(C)=O)[C@H](OC(C)=O)[C@H]3OC(C)=O)c(OC)c2)OB(OCC(C)C)OCC(C)C)ccc1O[C@@H]1O[C@H](COC(C)=O)[C@H](OC(C)=O)[C@H](OC(C)=O)[C@H]1OC(C)=O. The first-order chi connectivity index (χ1) is 39.7. The second-order valence-corrected chi connectivity index (χ2v) is 19.7. The summed E-state index contributed by atoms with van der Waals surface area (Å²) in [5, 5.41) is 0. The molecule has 0 unspecified atom stereocenters. The first kappa shape index (κ1) is 68.5. The molecule has 84 heavy (non-hydrogen) atoms. The number of ether oxygens (including phenoxy) is 14. The van der Waals surface area contributed by atoms with Crippen LogP contribution in [0.2, 0.25) is 0 Å². The molecule has 0 aliphatic carbocycles. The molecule has 2 aliphatic rings. The minimum absolute atomic E-state index is 0.00916. The van der Waals surface area contributed by atoms with Crippen molar-refractivity contribution >= 4 is 73.0 Å². The maximum atomic E-state index is 13.8. The van der Waals surface area contributed by atoms with E-state index in [1.165, 1.54) is 56.7 Å². The molecule has 0 spiro atoms. The fourth-order valence-corrected chi connectivity index (χ4v) is 8.02. The second kappa shape index (κ2) is 33.3. The van der Waals surface area contributed by atoms with E-state index >= 15 is 0 Å². The highest BCUT2D eigenvalue weighted by molar-refractivity contribution is 6.37. The fourth-order valence-electron chi connectivity index (χ4n) is 8.02. The summed E-state index contributed by atoms with van der Waals surface area (Å²) in [6.45, 7) is 16.1. The Morgan fingerprint density at radius 2 is 0.833 bits per heavy atom. The number of rotatable bonds is 29. The Hall–Kier alpha value is -8.01. The minimum Gasteiger partial charge on any atom is -0.512 e. The molecule has 26 nitrogen and oxygen atoms in total. The molecule has 27 heteroatoms. The minimum atomic E-state index is -1.57. The van der Waals surface area contributed by atoms with Gasteiger partial charge in [-0.25, -0.2) is 0 Å². The first-order valence-electron chi connectivity index (χ1n) is 26.5. The van der Waals surface area contributed by atoms with Crippen LogP contribution in [0.4, 0.5) is 0 Å². The van der Waals surface area contributed by atoms with Gasteiger partial charge in [-0.05, 0) is 59.4 Å². The third kappa shape index (κ3) is 22.6. The van der Waals surface area contributed by atoms with Crippen molar-refractivity contribution in [1.82, 2.24) is 0 Å². The summed E-state index contributed by atoms with van der Waals surface area (Å²) in [7, 11) is 1.43. The molecule has 0 N–H and O–H groups in total. The molecule has 0 saturated carbocycles. The number of carbonyl (C=O) groups is 9. The zero-order valence-electron chi connectivity index (χ0n) is 49.3. The Kier molecular flexibility index (Phi) is 27.2. The van der Waals surface area contributed by atoms with Crippen molar-refractivity contribution in [1.29, 1.82) is 0 Å². The van der Waals surface area contributed by atoms with Crippen LogP contribution in [-0.2, 0) is 104 Å². The van der Waals surface area contributed by atoms with Gasteiger partial charge in [-0.15, -0.1) is 0 Å². The summed E-state index contributed by atoms with van der Waals surface area (Å²) in [4.78, 5) is 112. The summed E-state index contributed by atoms with van der Waals surface area (Å²) >= 11 is 0. The monoisotopic (exact) mass is 1180 g/mol. The van der Waals surface area contributed by atoms with Crippen molar-refractivity contribution in [2.75, 3.05) is 40.6 Å². The zero-order chi connectivity index (χ0) is 62.4. The van der Waals surface area contributed by atoms with Crippen LogP contribution in [0.25, 0.3) is 12.2 Å². The number of hydrogen-bond donors (Lipinski definition) is 0. The molecule has 0 aromatic heterocycles. The molecule has 2 saturated heterocycles. The molecule has 2 aromatic rings. The van der Waals surface area contributed by atoms with E-state index in [2.05, 4.69) is 0 Å². The van der Waals surface area contributed by atoms with Gasteiger partial charge in [0, 0.05) is 74.7 Å². The highest BCUT2D eigenvalue weighted by Crippen LogP contribution is 2.37. The topological polar surface area (TPSA) is 311 Å². The lowest BCUT2D eigenvalue weighted by Gasteiger charge is -2.44. The van der Waals surface area contributed by atoms with Crippen LogP contribution in [0.3, 0.4) is 0 Å². The van der Waals surface area contributed by atoms with Crippen LogP contribution in [0, 0.1) is 11.8 Å². The summed E-state index contributed by atoms with van der Waals surface area (Å²) in [6, 6.07) is 9.16. The molecule has 0 amide bonds. The molecule has 0 bridgehead atoms. The second-order valence-electron chi connectivity index (χ2n) is 19.7. The van der Waals surface area contributed by atoms with Crippen LogP contribution in [0.5, 0.6) is 23.0 Å². The fraction of sp³-hybridized carbons (Fsp3) is 0.526. The van der Waals surface area contributed by atoms with Gasteiger partial charge in [-0.2, -0.15) is 0 Å². The summed E-state index contributed by atoms with van der Waals surface area (Å²) < 4.78 is 97.4. The Morgan fingerprint density at radius 3 is 1.18 bits per heavy atom. The van der Waals surface area contributed by atoms with Crippen LogP contribution in [0.15, 0.2) is 60.4 Å². The summed E-state index contributed by atoms with van der Waals surface area (Å²) in [5.41, 5.74) is 0.899. The standard InChI is InChI=1S/C57H73BO26/c1-30(2)26-72-58(73-27-31(3)4)84-43(20-16-41-18-22-45(47(24-41)69-14)81-57-55(79-39(12)66)53(77-37(10)64)51(75-35(8)62)49(83-57)29-71-33(6)60)25-42(67)19-15-40-17-21-44(46(23-40)68-13)80-56-54(78-38(11)65)52(76-36(9)63)50(74-34(7)61)48(82-56)28-70-32(5)59/h15-25,30-31,48-57H,26-29H2,1-14H3/b19-15+,20-16+,43-25-/t48-,49-,50+,51+,52+,53+,54-,55-,56-,57-/m1/s1. The van der Waals surface area contributed by atoms with Crippen molar-refractivity contribution in [3.05, 3.63) is 71.5 Å². The highest BCUT2D eigenvalue weighted by Gasteiger charge is 2.55. The predicted octanol–water partition coefficient (Wildman–Crippen LogP) is 5.15. The van der Waals surface area contributed by atoms with E-state index in [1.54, 1.807) is 24.3 Å². The van der Waals surface area contributed by atoms with Crippen molar-refractivity contribution < 1.29 is 123 Å². The molecule has 2 aromatic carbocycles. The molecule has 4 rings (SSSR count). The van der Waals surface area contributed by atoms with Crippen LogP contribution >= 0.6 is 0 Å². The van der Waals surface area contributed by atoms with Crippen LogP contribution < -0.4 is 18.9 Å². The Labute approximate surface area is 486 Å². The van der Waals surface area contributed by atoms with E-state index in [0.29, 0.717) is 11.1 Å². The van der Waals surface area contributed by atoms with Crippen LogP contribution in [0.1, 0.15) is 94.2 Å². The van der Waals surface area contributed by atoms with Gasteiger partial charge < -0.3 is 80.3 Å². The largest absolute Gasteiger partial charge is 0.713 e. The van der Waals surface area contributed by atoms with E-state index in [1.807, 2.05) is 27.7 Å². The maximum absolute atomic E-state index is 13.8. The van der Waals surface area contributed by atoms with Gasteiger partial charge in [-0.1, -0.05) is 52.0 Å². The van der Waals surface area contributed by atoms with Crippen molar-refractivity contribution in [2.24, 2.45) is 11.8 Å². The van der Waals surface area contributed by atoms with Gasteiger partial charge in [0.1, 0.15) is 31.2 Å². The summed E-state index contributed by atoms with van der Waals surface area (Å²) in [5.74, 6) is -6.49. The average Bonchev–Trinajstić information content (AvgIpc) is 1.41. The van der Waals surface area contributed by atoms with Gasteiger partial charge >= 0.3 is 55.1 Å². The highest BCUT2D eigenvalue weighted by atomic mass is 16.8. The van der Waals surface area contributed by atoms with E-state index in [0.717, 1.165) is 55.4 Å². The number of esters is 8. The van der Waals surface area contributed by atoms with Crippen molar-refractivity contribution in [2.45, 2.75) is 144 Å². The van der Waals surface area contributed by atoms with E-state index < -0.39 is 135 Å². The molecule has 2 fully saturated rings. The van der Waals surface area contributed by atoms with Crippen molar-refractivity contribution in [3.63, 3.8) is 0 Å². The lowest BCUT2D eigenvalue weighted by molar-refractivity contribution is -0.288. The molecule has 2 aliphatic heterocycles. The Bertz CT molecular complexity index is 2700. The molecular weight excluding hydrogens is 1110 g/mol. The lowest BCUT2D eigenvalue weighted by Crippen LogP contribution is -2.63. The van der Waals surface area contributed by atoms with Gasteiger partial charge in [0.15, 0.2) is 53.2 Å². The molecule has 460 valence electrons. The number of benzene rings is 2. The maximum Gasteiger partial charge on any atom is 0.713 e. The number of allylic oxidation sites excluding steroid dienone is 3. The number of carbonyl (C=O) groups excluding carboxylic acids is 9. The molecule has 10 atom stereocenters. The number of methoxy groups -OCH3 is 2. The zero-order valence-corrected chi connectivity index (χ0v) is 49.3. The third-order valence-corrected chi connectivity index (χ3v) is 11.3. The van der Waals surface area contributed by atoms with Gasteiger partial charge in [-0.3, -0.25) is 43.2 Å². The number of hydrogen-bond acceptors (Lipinski definition) is 26. The summed E-state index contributed by atoms with van der Waals surface area (Å²) in [6.07, 6.45) is -7.60. The predicted molar refractivity (Wildman–Crippen MR) is 291 cm³/mol. The van der Waals surface area contributed by atoms with Crippen LogP contribution in [-0.4, -0.2) is 163 Å². The number of ketones is 1. The quantitative estimate of drug-likeness (QED) is 0.0254. The van der Waals surface area contributed by atoms with E-state index in [9.17, 15) is 43.2 Å². The third-order valence-electron chi connectivity index (χ3n) is 11.3. The average molecular weight is 1180 g/mol. The first-order valence-corrected chi connectivity index (χ1v) is 26.5. The molecule has 0 radical (unpaired) electrons. The van der Waals surface area contributed by atoms with Gasteiger partial charge in [0.2, 0.25) is 24.8 Å². The van der Waals surface area contributed by atoms with E-state index in [4.69, 9.17) is 80.3 Å².